The third-order valence-corrected chi connectivity index (χ3v) is 5.41. The van der Waals surface area contributed by atoms with Gasteiger partial charge in [0.05, 0.1) is 11.4 Å². The SMILES string of the molecule is Nc1cccc(OC23CC4CC(CC(C4)C2)C3)c1N. The van der Waals surface area contributed by atoms with Crippen molar-refractivity contribution in [2.75, 3.05) is 11.5 Å². The number of para-hydroxylation sites is 1. The van der Waals surface area contributed by atoms with Crippen LogP contribution in [0.1, 0.15) is 38.5 Å². The maximum absolute atomic E-state index is 6.42. The summed E-state index contributed by atoms with van der Waals surface area (Å²) in [7, 11) is 0. The fourth-order valence-electron chi connectivity index (χ4n) is 5.04. The minimum atomic E-state index is 0.0522. The van der Waals surface area contributed by atoms with E-state index in [1.807, 2.05) is 18.2 Å². The third-order valence-electron chi connectivity index (χ3n) is 5.41. The fourth-order valence-corrected chi connectivity index (χ4v) is 5.04. The molecular weight excluding hydrogens is 236 g/mol. The lowest BCUT2D eigenvalue weighted by atomic mass is 9.54. The zero-order valence-electron chi connectivity index (χ0n) is 11.3. The van der Waals surface area contributed by atoms with E-state index in [2.05, 4.69) is 0 Å². The Morgan fingerprint density at radius 2 is 1.53 bits per heavy atom. The Morgan fingerprint density at radius 3 is 2.11 bits per heavy atom. The van der Waals surface area contributed by atoms with Gasteiger partial charge < -0.3 is 16.2 Å². The monoisotopic (exact) mass is 258 g/mol. The fraction of sp³-hybridized carbons (Fsp3) is 0.625. The van der Waals surface area contributed by atoms with Crippen molar-refractivity contribution in [3.63, 3.8) is 0 Å². The van der Waals surface area contributed by atoms with Crippen LogP contribution in [0.3, 0.4) is 0 Å². The number of ether oxygens (including phenoxy) is 1. The largest absolute Gasteiger partial charge is 0.485 e. The van der Waals surface area contributed by atoms with Gasteiger partial charge in [0.2, 0.25) is 0 Å². The van der Waals surface area contributed by atoms with Crippen molar-refractivity contribution in [1.82, 2.24) is 0 Å². The van der Waals surface area contributed by atoms with Crippen LogP contribution in [0.4, 0.5) is 11.4 Å². The van der Waals surface area contributed by atoms with Gasteiger partial charge in [0, 0.05) is 0 Å². The number of anilines is 2. The summed E-state index contributed by atoms with van der Waals surface area (Å²) >= 11 is 0. The Kier molecular flexibility index (Phi) is 2.30. The van der Waals surface area contributed by atoms with Gasteiger partial charge in [-0.1, -0.05) is 6.07 Å². The molecule has 4 aliphatic carbocycles. The summed E-state index contributed by atoms with van der Waals surface area (Å²) in [5, 5.41) is 0. The van der Waals surface area contributed by atoms with Gasteiger partial charge in [-0.3, -0.25) is 0 Å². The van der Waals surface area contributed by atoms with Crippen LogP contribution in [0.15, 0.2) is 18.2 Å². The highest BCUT2D eigenvalue weighted by molar-refractivity contribution is 5.70. The lowest BCUT2D eigenvalue weighted by Crippen LogP contribution is -2.53. The Morgan fingerprint density at radius 1 is 0.947 bits per heavy atom. The summed E-state index contributed by atoms with van der Waals surface area (Å²) in [5.74, 6) is 3.44. The number of nitrogens with two attached hydrogens (primary N) is 2. The molecule has 0 spiro atoms. The number of hydrogen-bond acceptors (Lipinski definition) is 3. The second kappa shape index (κ2) is 3.81. The summed E-state index contributed by atoms with van der Waals surface area (Å²) in [4.78, 5) is 0. The number of hydrogen-bond donors (Lipinski definition) is 2. The van der Waals surface area contributed by atoms with Crippen molar-refractivity contribution in [3.05, 3.63) is 18.2 Å². The van der Waals surface area contributed by atoms with E-state index >= 15 is 0 Å². The van der Waals surface area contributed by atoms with Crippen LogP contribution in [0.25, 0.3) is 0 Å². The van der Waals surface area contributed by atoms with Crippen LogP contribution in [-0.2, 0) is 0 Å². The molecule has 4 fully saturated rings. The van der Waals surface area contributed by atoms with E-state index in [9.17, 15) is 0 Å². The maximum Gasteiger partial charge on any atom is 0.145 e. The van der Waals surface area contributed by atoms with E-state index < -0.39 is 0 Å². The molecule has 19 heavy (non-hydrogen) atoms. The van der Waals surface area contributed by atoms with Crippen LogP contribution >= 0.6 is 0 Å². The zero-order valence-corrected chi connectivity index (χ0v) is 11.3. The zero-order chi connectivity index (χ0) is 13.0. The second-order valence-corrected chi connectivity index (χ2v) is 6.96. The van der Waals surface area contributed by atoms with Gasteiger partial charge in [-0.25, -0.2) is 0 Å². The smallest absolute Gasteiger partial charge is 0.145 e. The lowest BCUT2D eigenvalue weighted by molar-refractivity contribution is -0.107. The average molecular weight is 258 g/mol. The van der Waals surface area contributed by atoms with Gasteiger partial charge in [0.15, 0.2) is 0 Å². The quantitative estimate of drug-likeness (QED) is 0.801. The molecule has 0 unspecified atom stereocenters. The molecule has 0 atom stereocenters. The van der Waals surface area contributed by atoms with Gasteiger partial charge in [0.25, 0.3) is 0 Å². The lowest BCUT2D eigenvalue weighted by Gasteiger charge is -2.56. The molecule has 1 aromatic rings. The third kappa shape index (κ3) is 1.78. The Balaban J connectivity index is 1.64. The molecule has 0 radical (unpaired) electrons. The van der Waals surface area contributed by atoms with E-state index in [-0.39, 0.29) is 5.60 Å². The van der Waals surface area contributed by atoms with Crippen LogP contribution in [0, 0.1) is 17.8 Å². The Labute approximate surface area is 114 Å². The van der Waals surface area contributed by atoms with Crippen molar-refractivity contribution in [1.29, 1.82) is 0 Å². The molecule has 4 aliphatic rings. The average Bonchev–Trinajstić information content (AvgIpc) is 2.33. The minimum Gasteiger partial charge on any atom is -0.485 e. The molecule has 3 heteroatoms. The summed E-state index contributed by atoms with van der Waals surface area (Å²) < 4.78 is 6.42. The van der Waals surface area contributed by atoms with Gasteiger partial charge >= 0.3 is 0 Å². The summed E-state index contributed by atoms with van der Waals surface area (Å²) in [6.07, 6.45) is 7.92. The van der Waals surface area contributed by atoms with Crippen molar-refractivity contribution in [2.24, 2.45) is 17.8 Å². The number of rotatable bonds is 2. The van der Waals surface area contributed by atoms with Gasteiger partial charge in [0.1, 0.15) is 11.4 Å². The first-order chi connectivity index (χ1) is 9.13. The highest BCUT2D eigenvalue weighted by Gasteiger charge is 2.52. The van der Waals surface area contributed by atoms with Crippen LogP contribution < -0.4 is 16.2 Å². The van der Waals surface area contributed by atoms with Crippen LogP contribution in [0.2, 0.25) is 0 Å². The van der Waals surface area contributed by atoms with Gasteiger partial charge in [-0.15, -0.1) is 0 Å². The van der Waals surface area contributed by atoms with Gasteiger partial charge in [-0.05, 0) is 68.4 Å². The first-order valence-corrected chi connectivity index (χ1v) is 7.46. The summed E-state index contributed by atoms with van der Waals surface area (Å²) in [6.45, 7) is 0. The van der Waals surface area contributed by atoms with E-state index in [0.717, 1.165) is 23.5 Å². The standard InChI is InChI=1S/C16H22N2O/c17-13-2-1-3-14(15(13)18)19-16-7-10-4-11(8-16)6-12(5-10)9-16/h1-3,10-12H,4-9,17-18H2. The van der Waals surface area contributed by atoms with Crippen LogP contribution in [0.5, 0.6) is 5.75 Å². The van der Waals surface area contributed by atoms with E-state index in [1.54, 1.807) is 0 Å². The normalized spacial score (nSPS) is 39.5. The molecule has 0 aromatic heterocycles. The first-order valence-electron chi connectivity index (χ1n) is 7.46. The summed E-state index contributed by atoms with van der Waals surface area (Å²) in [6, 6.07) is 5.73. The molecule has 102 valence electrons. The molecule has 0 saturated heterocycles. The molecule has 3 nitrogen and oxygen atoms in total. The highest BCUT2D eigenvalue weighted by Crippen LogP contribution is 2.57. The molecule has 5 rings (SSSR count). The molecule has 0 heterocycles. The van der Waals surface area contributed by atoms with Crippen molar-refractivity contribution in [3.8, 4) is 5.75 Å². The van der Waals surface area contributed by atoms with Crippen molar-refractivity contribution >= 4 is 11.4 Å². The highest BCUT2D eigenvalue weighted by atomic mass is 16.5. The molecule has 0 aliphatic heterocycles. The topological polar surface area (TPSA) is 61.3 Å². The van der Waals surface area contributed by atoms with E-state index in [1.165, 1.54) is 38.5 Å². The minimum absolute atomic E-state index is 0.0522. The Bertz CT molecular complexity index is 476. The predicted octanol–water partition coefficient (Wildman–Crippen LogP) is 3.20. The predicted molar refractivity (Wildman–Crippen MR) is 76.8 cm³/mol. The molecule has 1 aromatic carbocycles. The molecule has 4 saturated carbocycles. The van der Waals surface area contributed by atoms with Crippen molar-refractivity contribution < 1.29 is 4.74 Å². The molecule has 4 N–H and O–H groups in total. The maximum atomic E-state index is 6.42. The first kappa shape index (κ1) is 11.4. The molecular formula is C16H22N2O. The van der Waals surface area contributed by atoms with Crippen molar-refractivity contribution in [2.45, 2.75) is 44.1 Å². The van der Waals surface area contributed by atoms with Crippen LogP contribution in [-0.4, -0.2) is 5.60 Å². The van der Waals surface area contributed by atoms with Gasteiger partial charge in [-0.2, -0.15) is 0 Å². The molecule has 0 amide bonds. The number of nitrogen functional groups attached to an aromatic ring is 2. The Hall–Kier alpha value is -1.38. The second-order valence-electron chi connectivity index (χ2n) is 6.96. The van der Waals surface area contributed by atoms with E-state index in [4.69, 9.17) is 16.2 Å². The number of benzene rings is 1. The summed E-state index contributed by atoms with van der Waals surface area (Å²) in [5.41, 5.74) is 13.2. The molecule has 4 bridgehead atoms. The van der Waals surface area contributed by atoms with E-state index in [0.29, 0.717) is 11.4 Å².